The molecule has 1 aliphatic carbocycles. The maximum Gasteiger partial charge on any atom is 0.252 e. The van der Waals surface area contributed by atoms with Crippen LogP contribution in [0.2, 0.25) is 0 Å². The summed E-state index contributed by atoms with van der Waals surface area (Å²) in [5.41, 5.74) is 14.1. The van der Waals surface area contributed by atoms with Gasteiger partial charge in [0, 0.05) is 41.9 Å². The van der Waals surface area contributed by atoms with Gasteiger partial charge in [-0.3, -0.25) is 4.79 Å². The van der Waals surface area contributed by atoms with Crippen LogP contribution in [0.15, 0.2) is 42.6 Å². The highest BCUT2D eigenvalue weighted by molar-refractivity contribution is 6.00. The first kappa shape index (κ1) is 18.3. The Bertz CT molecular complexity index is 1010. The maximum atomic E-state index is 11.9. The van der Waals surface area contributed by atoms with Gasteiger partial charge in [0.1, 0.15) is 11.6 Å². The van der Waals surface area contributed by atoms with Crippen molar-refractivity contribution in [3.63, 3.8) is 0 Å². The second-order valence-electron chi connectivity index (χ2n) is 7.45. The second kappa shape index (κ2) is 7.52. The molecule has 1 aliphatic rings. The number of nitrogens with one attached hydrogen (secondary N) is 2. The molecular weight excluding hydrogens is 352 g/mol. The molecule has 2 heterocycles. The summed E-state index contributed by atoms with van der Waals surface area (Å²) in [6.45, 7) is 0. The van der Waals surface area contributed by atoms with Crippen LogP contribution in [0.1, 0.15) is 36.0 Å². The van der Waals surface area contributed by atoms with E-state index in [2.05, 4.69) is 15.6 Å². The molecule has 1 amide bonds. The number of carbonyl (C=O) groups excluding carboxylic acids is 1. The van der Waals surface area contributed by atoms with Gasteiger partial charge in [-0.2, -0.15) is 0 Å². The molecule has 3 aromatic rings. The zero-order chi connectivity index (χ0) is 19.7. The normalized spacial score (nSPS) is 19.5. The lowest BCUT2D eigenvalue weighted by atomic mass is 9.91. The number of rotatable bonds is 5. The third kappa shape index (κ3) is 3.53. The quantitative estimate of drug-likeness (QED) is 0.545. The Morgan fingerprint density at radius 2 is 2.00 bits per heavy atom. The predicted molar refractivity (Wildman–Crippen MR) is 113 cm³/mol. The molecule has 1 saturated carbocycles. The van der Waals surface area contributed by atoms with E-state index < -0.39 is 5.91 Å². The van der Waals surface area contributed by atoms with Gasteiger partial charge >= 0.3 is 0 Å². The summed E-state index contributed by atoms with van der Waals surface area (Å²) < 4.78 is 2.05. The van der Waals surface area contributed by atoms with E-state index in [1.165, 1.54) is 6.42 Å². The second-order valence-corrected chi connectivity index (χ2v) is 7.45. The van der Waals surface area contributed by atoms with Gasteiger partial charge in [-0.1, -0.05) is 18.9 Å². The molecule has 7 nitrogen and oxygen atoms in total. The molecular formula is C21H26N6O. The van der Waals surface area contributed by atoms with Crippen molar-refractivity contribution < 1.29 is 4.79 Å². The lowest BCUT2D eigenvalue weighted by Crippen LogP contribution is -2.42. The monoisotopic (exact) mass is 378 g/mol. The third-order valence-electron chi connectivity index (χ3n) is 5.49. The summed E-state index contributed by atoms with van der Waals surface area (Å²) in [6, 6.07) is 11.8. The first-order valence-electron chi connectivity index (χ1n) is 9.67. The zero-order valence-electron chi connectivity index (χ0n) is 16.0. The summed E-state index contributed by atoms with van der Waals surface area (Å²) in [5, 5.41) is 7.79. The number of pyridine rings is 1. The number of carbonyl (C=O) groups is 1. The molecule has 0 bridgehead atoms. The summed E-state index contributed by atoms with van der Waals surface area (Å²) in [5.74, 6) is 0.615. The molecule has 146 valence electrons. The fraction of sp³-hybridized carbons (Fsp3) is 0.333. The third-order valence-corrected chi connectivity index (χ3v) is 5.49. The van der Waals surface area contributed by atoms with Gasteiger partial charge in [-0.15, -0.1) is 0 Å². The number of amides is 1. The molecule has 1 aromatic carbocycles. The van der Waals surface area contributed by atoms with Crippen molar-refractivity contribution in [3.05, 3.63) is 48.2 Å². The number of fused-ring (bicyclic) bond motifs is 1. The summed E-state index contributed by atoms with van der Waals surface area (Å²) in [4.78, 5) is 16.6. The van der Waals surface area contributed by atoms with Gasteiger partial charge in [-0.05, 0) is 43.2 Å². The number of nitrogens with zero attached hydrogens (tertiary/aromatic N) is 2. The molecule has 0 radical (unpaired) electrons. The molecule has 2 atom stereocenters. The molecule has 6 N–H and O–H groups in total. The molecule has 0 saturated heterocycles. The van der Waals surface area contributed by atoms with Crippen LogP contribution in [-0.4, -0.2) is 27.5 Å². The molecule has 4 rings (SSSR count). The smallest absolute Gasteiger partial charge is 0.252 e. The summed E-state index contributed by atoms with van der Waals surface area (Å²) in [7, 11) is 2.00. The van der Waals surface area contributed by atoms with E-state index in [9.17, 15) is 4.79 Å². The predicted octanol–water partition coefficient (Wildman–Crippen LogP) is 3.10. The fourth-order valence-corrected chi connectivity index (χ4v) is 3.90. The molecule has 2 aromatic heterocycles. The number of aryl methyl sites for hydroxylation is 1. The van der Waals surface area contributed by atoms with Gasteiger partial charge in [0.2, 0.25) is 0 Å². The number of anilines is 3. The average molecular weight is 378 g/mol. The maximum absolute atomic E-state index is 11.9. The number of benzene rings is 1. The minimum Gasteiger partial charge on any atom is -0.366 e. The number of nitrogens with two attached hydrogens (primary N) is 2. The Balaban J connectivity index is 1.67. The van der Waals surface area contributed by atoms with Gasteiger partial charge in [0.15, 0.2) is 0 Å². The summed E-state index contributed by atoms with van der Waals surface area (Å²) >= 11 is 0. The van der Waals surface area contributed by atoms with Gasteiger partial charge in [0.25, 0.3) is 5.91 Å². The lowest BCUT2D eigenvalue weighted by Gasteiger charge is -2.29. The first-order valence-corrected chi connectivity index (χ1v) is 9.67. The van der Waals surface area contributed by atoms with E-state index in [4.69, 9.17) is 11.5 Å². The lowest BCUT2D eigenvalue weighted by molar-refractivity contribution is 0.100. The molecule has 0 unspecified atom stereocenters. The minimum atomic E-state index is -0.517. The van der Waals surface area contributed by atoms with Crippen LogP contribution in [0, 0.1) is 0 Å². The van der Waals surface area contributed by atoms with Gasteiger partial charge in [-0.25, -0.2) is 4.98 Å². The molecule has 7 heteroatoms. The fourth-order valence-electron chi connectivity index (χ4n) is 3.90. The zero-order valence-corrected chi connectivity index (χ0v) is 16.0. The van der Waals surface area contributed by atoms with Crippen molar-refractivity contribution in [1.82, 2.24) is 9.55 Å². The molecule has 28 heavy (non-hydrogen) atoms. The van der Waals surface area contributed by atoms with Crippen LogP contribution in [0.4, 0.5) is 17.3 Å². The number of primary amides is 1. The van der Waals surface area contributed by atoms with Crippen molar-refractivity contribution in [1.29, 1.82) is 0 Å². The standard InChI is InChI=1S/C21H26N6O/c1-27-12-11-13-16(7-4-8-18(13)27)25-21-14(20(23)28)9-10-19(26-21)24-17-6-3-2-5-15(17)22/h4,7-12,15,17H,2-3,5-6,22H2,1H3,(H2,23,28)(H2,24,25,26)/t15-,17+/m0/s1. The van der Waals surface area contributed by atoms with Crippen molar-refractivity contribution in [3.8, 4) is 0 Å². The van der Waals surface area contributed by atoms with Crippen LogP contribution in [0.3, 0.4) is 0 Å². The van der Waals surface area contributed by atoms with E-state index in [1.54, 1.807) is 12.1 Å². The van der Waals surface area contributed by atoms with E-state index in [-0.39, 0.29) is 12.1 Å². The van der Waals surface area contributed by atoms with Gasteiger partial charge in [0.05, 0.1) is 5.56 Å². The topological polar surface area (TPSA) is 111 Å². The highest BCUT2D eigenvalue weighted by atomic mass is 16.1. The average Bonchev–Trinajstić information content (AvgIpc) is 3.06. The van der Waals surface area contributed by atoms with Crippen LogP contribution in [0.25, 0.3) is 10.9 Å². The Hall–Kier alpha value is -3.06. The van der Waals surface area contributed by atoms with E-state index in [0.717, 1.165) is 35.9 Å². The summed E-state index contributed by atoms with van der Waals surface area (Å²) in [6.07, 6.45) is 6.36. The van der Waals surface area contributed by atoms with E-state index >= 15 is 0 Å². The van der Waals surface area contributed by atoms with Crippen molar-refractivity contribution in [2.45, 2.75) is 37.8 Å². The van der Waals surface area contributed by atoms with E-state index in [1.807, 2.05) is 42.1 Å². The Kier molecular flexibility index (Phi) is 4.92. The van der Waals surface area contributed by atoms with Crippen LogP contribution in [-0.2, 0) is 7.05 Å². The Morgan fingerprint density at radius 1 is 1.18 bits per heavy atom. The number of hydrogen-bond donors (Lipinski definition) is 4. The largest absolute Gasteiger partial charge is 0.366 e. The Morgan fingerprint density at radius 3 is 2.79 bits per heavy atom. The van der Waals surface area contributed by atoms with Gasteiger partial charge < -0.3 is 26.7 Å². The SMILES string of the molecule is Cn1ccc2c(Nc3nc(N[C@@H]4CCCC[C@@H]4N)ccc3C(N)=O)cccc21. The highest BCUT2D eigenvalue weighted by Gasteiger charge is 2.22. The Labute approximate surface area is 164 Å². The molecule has 1 fully saturated rings. The highest BCUT2D eigenvalue weighted by Crippen LogP contribution is 2.29. The van der Waals surface area contributed by atoms with Crippen LogP contribution >= 0.6 is 0 Å². The molecule has 0 spiro atoms. The first-order chi connectivity index (χ1) is 13.5. The number of aromatic nitrogens is 2. The van der Waals surface area contributed by atoms with Crippen molar-refractivity contribution in [2.24, 2.45) is 18.5 Å². The molecule has 0 aliphatic heterocycles. The van der Waals surface area contributed by atoms with Crippen molar-refractivity contribution >= 4 is 34.1 Å². The van der Waals surface area contributed by atoms with Crippen LogP contribution in [0.5, 0.6) is 0 Å². The minimum absolute atomic E-state index is 0.112. The van der Waals surface area contributed by atoms with Crippen LogP contribution < -0.4 is 22.1 Å². The number of hydrogen-bond acceptors (Lipinski definition) is 5. The van der Waals surface area contributed by atoms with Crippen molar-refractivity contribution in [2.75, 3.05) is 10.6 Å². The van der Waals surface area contributed by atoms with E-state index in [0.29, 0.717) is 17.2 Å².